The van der Waals surface area contributed by atoms with E-state index in [9.17, 15) is 4.79 Å². The van der Waals surface area contributed by atoms with Gasteiger partial charge >= 0.3 is 5.63 Å². The van der Waals surface area contributed by atoms with Crippen LogP contribution in [-0.4, -0.2) is 7.11 Å². The lowest BCUT2D eigenvalue weighted by molar-refractivity contribution is 0.414. The number of hydrogen-bond acceptors (Lipinski definition) is 4. The van der Waals surface area contributed by atoms with Gasteiger partial charge in [0.2, 0.25) is 0 Å². The average molecular weight is 346 g/mol. The Morgan fingerprint density at radius 2 is 1.73 bits per heavy atom. The molecule has 26 heavy (non-hydrogen) atoms. The van der Waals surface area contributed by atoms with Crippen LogP contribution in [0.5, 0.6) is 11.5 Å². The van der Waals surface area contributed by atoms with Gasteiger partial charge in [-0.25, -0.2) is 4.79 Å². The van der Waals surface area contributed by atoms with Crippen molar-refractivity contribution in [1.29, 1.82) is 0 Å². The highest BCUT2D eigenvalue weighted by Gasteiger charge is 2.28. The summed E-state index contributed by atoms with van der Waals surface area (Å²) >= 11 is 0. The zero-order valence-corrected chi connectivity index (χ0v) is 14.6. The molecule has 2 heterocycles. The van der Waals surface area contributed by atoms with Crippen molar-refractivity contribution in [3.63, 3.8) is 0 Å². The lowest BCUT2D eigenvalue weighted by Crippen LogP contribution is -2.19. The van der Waals surface area contributed by atoms with Gasteiger partial charge in [0.15, 0.2) is 0 Å². The van der Waals surface area contributed by atoms with E-state index in [2.05, 4.69) is 0 Å². The molecular formula is C22H18O4. The smallest absolute Gasteiger partial charge is 0.343 e. The summed E-state index contributed by atoms with van der Waals surface area (Å²) in [5.41, 5.74) is 2.08. The van der Waals surface area contributed by atoms with Crippen LogP contribution in [-0.2, 0) is 0 Å². The Morgan fingerprint density at radius 3 is 2.42 bits per heavy atom. The molecule has 0 fully saturated rings. The van der Waals surface area contributed by atoms with Crippen molar-refractivity contribution in [2.75, 3.05) is 7.11 Å². The van der Waals surface area contributed by atoms with Gasteiger partial charge in [-0.2, -0.15) is 0 Å². The van der Waals surface area contributed by atoms with Gasteiger partial charge in [-0.15, -0.1) is 0 Å². The molecule has 1 aliphatic rings. The first-order valence-electron chi connectivity index (χ1n) is 8.39. The number of benzene rings is 2. The lowest BCUT2D eigenvalue weighted by Gasteiger charge is -2.24. The molecule has 2 aromatic carbocycles. The molecular weight excluding hydrogens is 328 g/mol. The maximum absolute atomic E-state index is 12.5. The second kappa shape index (κ2) is 6.56. The molecule has 1 atom stereocenters. The Kier molecular flexibility index (Phi) is 4.09. The molecule has 0 saturated carbocycles. The van der Waals surface area contributed by atoms with Gasteiger partial charge in [-0.05, 0) is 30.7 Å². The molecule has 130 valence electrons. The summed E-state index contributed by atoms with van der Waals surface area (Å²) in [6, 6.07) is 19.3. The minimum atomic E-state index is -0.371. The fourth-order valence-electron chi connectivity index (χ4n) is 3.18. The van der Waals surface area contributed by atoms with Gasteiger partial charge in [0.1, 0.15) is 23.0 Å². The first-order chi connectivity index (χ1) is 12.7. The molecule has 1 unspecified atom stereocenters. The lowest BCUT2D eigenvalue weighted by atomic mass is 9.88. The zero-order chi connectivity index (χ0) is 18.1. The molecule has 0 amide bonds. The van der Waals surface area contributed by atoms with Crippen LogP contribution in [0.4, 0.5) is 0 Å². The van der Waals surface area contributed by atoms with Crippen LogP contribution in [0, 0.1) is 6.92 Å². The Balaban J connectivity index is 1.88. The van der Waals surface area contributed by atoms with Gasteiger partial charge in [0.05, 0.1) is 12.7 Å². The van der Waals surface area contributed by atoms with E-state index in [0.717, 1.165) is 22.6 Å². The van der Waals surface area contributed by atoms with Crippen molar-refractivity contribution in [1.82, 2.24) is 0 Å². The van der Waals surface area contributed by atoms with Gasteiger partial charge in [0.25, 0.3) is 0 Å². The van der Waals surface area contributed by atoms with Crippen LogP contribution in [0.3, 0.4) is 0 Å². The third-order valence-corrected chi connectivity index (χ3v) is 4.46. The Labute approximate surface area is 151 Å². The zero-order valence-electron chi connectivity index (χ0n) is 14.6. The van der Waals surface area contributed by atoms with Crippen LogP contribution in [0.2, 0.25) is 0 Å². The van der Waals surface area contributed by atoms with Crippen LogP contribution in [0.25, 0.3) is 5.76 Å². The molecule has 3 aromatic rings. The number of hydrogen-bond donors (Lipinski definition) is 0. The third-order valence-electron chi connectivity index (χ3n) is 4.46. The highest BCUT2D eigenvalue weighted by Crippen LogP contribution is 2.39. The Bertz CT molecular complexity index is 1010. The number of rotatable bonds is 3. The summed E-state index contributed by atoms with van der Waals surface area (Å²) in [7, 11) is 1.63. The Morgan fingerprint density at radius 1 is 1.00 bits per heavy atom. The highest BCUT2D eigenvalue weighted by atomic mass is 16.5. The first kappa shape index (κ1) is 16.2. The molecule has 0 radical (unpaired) electrons. The molecule has 0 saturated heterocycles. The van der Waals surface area contributed by atoms with Crippen molar-refractivity contribution in [3.8, 4) is 11.5 Å². The quantitative estimate of drug-likeness (QED) is 0.699. The van der Waals surface area contributed by atoms with E-state index in [-0.39, 0.29) is 11.5 Å². The van der Waals surface area contributed by atoms with E-state index in [1.807, 2.05) is 60.7 Å². The van der Waals surface area contributed by atoms with Crippen LogP contribution >= 0.6 is 0 Å². The molecule has 0 aliphatic carbocycles. The van der Waals surface area contributed by atoms with Gasteiger partial charge in [-0.3, -0.25) is 0 Å². The van der Waals surface area contributed by atoms with E-state index in [1.54, 1.807) is 20.1 Å². The van der Waals surface area contributed by atoms with E-state index < -0.39 is 0 Å². The summed E-state index contributed by atoms with van der Waals surface area (Å²) in [5, 5.41) is 0. The summed E-state index contributed by atoms with van der Waals surface area (Å²) in [4.78, 5) is 12.5. The second-order valence-electron chi connectivity index (χ2n) is 6.17. The Hall–Kier alpha value is -3.27. The predicted molar refractivity (Wildman–Crippen MR) is 99.6 cm³/mol. The van der Waals surface area contributed by atoms with E-state index in [1.165, 1.54) is 0 Å². The number of methoxy groups -OCH3 is 1. The summed E-state index contributed by atoms with van der Waals surface area (Å²) in [6.45, 7) is 1.74. The maximum Gasteiger partial charge on any atom is 0.343 e. The fourth-order valence-corrected chi connectivity index (χ4v) is 3.18. The molecule has 1 aliphatic heterocycles. The molecule has 1 aromatic heterocycles. The minimum Gasteiger partial charge on any atom is -0.497 e. The topological polar surface area (TPSA) is 48.7 Å². The summed E-state index contributed by atoms with van der Waals surface area (Å²) in [6.07, 6.45) is 1.96. The van der Waals surface area contributed by atoms with Gasteiger partial charge in [0, 0.05) is 17.5 Å². The normalized spacial score (nSPS) is 15.6. The molecule has 0 spiro atoms. The first-order valence-corrected chi connectivity index (χ1v) is 8.39. The molecule has 4 rings (SSSR count). The number of aryl methyl sites for hydroxylation is 1. The van der Waals surface area contributed by atoms with Crippen LogP contribution < -0.4 is 15.1 Å². The monoisotopic (exact) mass is 346 g/mol. The number of allylic oxidation sites excluding steroid dienone is 1. The fraction of sp³-hybridized carbons (Fsp3) is 0.136. The van der Waals surface area contributed by atoms with Crippen molar-refractivity contribution >= 4 is 5.76 Å². The van der Waals surface area contributed by atoms with Crippen molar-refractivity contribution < 1.29 is 13.9 Å². The molecule has 0 N–H and O–H groups in total. The van der Waals surface area contributed by atoms with Crippen LogP contribution in [0.15, 0.2) is 76.0 Å². The minimum absolute atomic E-state index is 0.253. The molecule has 4 heteroatoms. The average Bonchev–Trinajstić information content (AvgIpc) is 2.67. The van der Waals surface area contributed by atoms with Gasteiger partial charge < -0.3 is 13.9 Å². The van der Waals surface area contributed by atoms with E-state index in [4.69, 9.17) is 13.9 Å². The largest absolute Gasteiger partial charge is 0.497 e. The third kappa shape index (κ3) is 2.90. The second-order valence-corrected chi connectivity index (χ2v) is 6.17. The SMILES string of the molecule is COc1ccc(C2C=C(c3ccccc3)Oc3cc(C)oc(=O)c32)cc1. The van der Waals surface area contributed by atoms with Crippen molar-refractivity contribution in [3.05, 3.63) is 99.6 Å². The maximum atomic E-state index is 12.5. The number of ether oxygens (including phenoxy) is 2. The van der Waals surface area contributed by atoms with Crippen molar-refractivity contribution in [2.24, 2.45) is 0 Å². The van der Waals surface area contributed by atoms with Gasteiger partial charge in [-0.1, -0.05) is 42.5 Å². The highest BCUT2D eigenvalue weighted by molar-refractivity contribution is 5.68. The standard InChI is InChI=1S/C22H18O4/c1-14-12-20-21(22(23)25-14)18(15-8-10-17(24-2)11-9-15)13-19(26-20)16-6-4-3-5-7-16/h3-13,18H,1-2H3. The van der Waals surface area contributed by atoms with E-state index >= 15 is 0 Å². The van der Waals surface area contributed by atoms with Crippen LogP contribution in [0.1, 0.15) is 28.4 Å². The van der Waals surface area contributed by atoms with Crippen molar-refractivity contribution in [2.45, 2.75) is 12.8 Å². The number of fused-ring (bicyclic) bond motifs is 1. The van der Waals surface area contributed by atoms with E-state index in [0.29, 0.717) is 17.1 Å². The molecule has 0 bridgehead atoms. The predicted octanol–water partition coefficient (Wildman–Crippen LogP) is 4.52. The molecule has 4 nitrogen and oxygen atoms in total. The summed E-state index contributed by atoms with van der Waals surface area (Å²) in [5.74, 6) is 2.31. The summed E-state index contributed by atoms with van der Waals surface area (Å²) < 4.78 is 16.6.